The number of hydrogen-bond donors (Lipinski definition) is 2. The first kappa shape index (κ1) is 16.3. The van der Waals surface area contributed by atoms with Crippen LogP contribution in [0.15, 0.2) is 59.1 Å². The molecule has 26 heavy (non-hydrogen) atoms. The Balaban J connectivity index is 1.39. The van der Waals surface area contributed by atoms with Gasteiger partial charge in [-0.25, -0.2) is 0 Å². The SMILES string of the molecule is O=C(NCc1ccccc1)c1ccccc1NCc1nc(C2CC2)no1. The number of para-hydroxylation sites is 1. The first-order valence-electron chi connectivity index (χ1n) is 8.77. The smallest absolute Gasteiger partial charge is 0.253 e. The number of carbonyl (C=O) groups is 1. The molecule has 0 unspecified atom stereocenters. The summed E-state index contributed by atoms with van der Waals surface area (Å²) in [6.07, 6.45) is 2.27. The Bertz CT molecular complexity index is 888. The van der Waals surface area contributed by atoms with Crippen LogP contribution < -0.4 is 10.6 Å². The minimum atomic E-state index is -0.124. The highest BCUT2D eigenvalue weighted by molar-refractivity contribution is 5.99. The summed E-state index contributed by atoms with van der Waals surface area (Å²) in [6, 6.07) is 17.2. The third-order valence-corrected chi connectivity index (χ3v) is 4.32. The molecule has 6 nitrogen and oxygen atoms in total. The van der Waals surface area contributed by atoms with Crippen LogP contribution in [0.4, 0.5) is 5.69 Å². The van der Waals surface area contributed by atoms with Crippen molar-refractivity contribution in [2.75, 3.05) is 5.32 Å². The normalized spacial score (nSPS) is 13.4. The van der Waals surface area contributed by atoms with Crippen molar-refractivity contribution in [3.8, 4) is 0 Å². The Morgan fingerprint density at radius 1 is 1.04 bits per heavy atom. The highest BCUT2D eigenvalue weighted by atomic mass is 16.5. The molecular formula is C20H20N4O2. The van der Waals surface area contributed by atoms with Crippen molar-refractivity contribution in [1.82, 2.24) is 15.5 Å². The third-order valence-electron chi connectivity index (χ3n) is 4.32. The van der Waals surface area contributed by atoms with E-state index in [1.165, 1.54) is 0 Å². The number of anilines is 1. The van der Waals surface area contributed by atoms with E-state index in [1.807, 2.05) is 48.5 Å². The fourth-order valence-corrected chi connectivity index (χ4v) is 2.73. The summed E-state index contributed by atoms with van der Waals surface area (Å²) in [5, 5.41) is 10.2. The molecule has 4 rings (SSSR count). The van der Waals surface area contributed by atoms with E-state index in [9.17, 15) is 4.79 Å². The molecule has 1 aliphatic rings. The summed E-state index contributed by atoms with van der Waals surface area (Å²) in [7, 11) is 0. The molecule has 1 aliphatic carbocycles. The van der Waals surface area contributed by atoms with Crippen molar-refractivity contribution in [3.63, 3.8) is 0 Å². The van der Waals surface area contributed by atoms with E-state index < -0.39 is 0 Å². The highest BCUT2D eigenvalue weighted by Gasteiger charge is 2.28. The van der Waals surface area contributed by atoms with E-state index in [4.69, 9.17) is 4.52 Å². The average Bonchev–Trinajstić information content (AvgIpc) is 3.44. The van der Waals surface area contributed by atoms with Crippen LogP contribution in [0.3, 0.4) is 0 Å². The summed E-state index contributed by atoms with van der Waals surface area (Å²) in [4.78, 5) is 16.9. The van der Waals surface area contributed by atoms with Crippen molar-refractivity contribution in [3.05, 3.63) is 77.4 Å². The number of carbonyl (C=O) groups excluding carboxylic acids is 1. The molecule has 6 heteroatoms. The van der Waals surface area contributed by atoms with Crippen LogP contribution >= 0.6 is 0 Å². The molecule has 0 atom stereocenters. The molecule has 0 bridgehead atoms. The molecule has 0 spiro atoms. The van der Waals surface area contributed by atoms with Gasteiger partial charge in [0.05, 0.1) is 12.1 Å². The second-order valence-electron chi connectivity index (χ2n) is 6.39. The number of amides is 1. The molecule has 1 aromatic heterocycles. The first-order valence-corrected chi connectivity index (χ1v) is 8.77. The zero-order valence-corrected chi connectivity index (χ0v) is 14.3. The van der Waals surface area contributed by atoms with Gasteiger partial charge in [0.2, 0.25) is 5.89 Å². The summed E-state index contributed by atoms with van der Waals surface area (Å²) < 4.78 is 5.27. The van der Waals surface area contributed by atoms with Crippen LogP contribution in [0.25, 0.3) is 0 Å². The van der Waals surface area contributed by atoms with Crippen molar-refractivity contribution >= 4 is 11.6 Å². The van der Waals surface area contributed by atoms with Crippen LogP contribution in [0, 0.1) is 0 Å². The molecular weight excluding hydrogens is 328 g/mol. The van der Waals surface area contributed by atoms with E-state index in [-0.39, 0.29) is 5.91 Å². The van der Waals surface area contributed by atoms with Gasteiger partial charge in [0, 0.05) is 18.2 Å². The molecule has 2 aromatic carbocycles. The minimum Gasteiger partial charge on any atom is -0.375 e. The number of nitrogens with one attached hydrogen (secondary N) is 2. The monoisotopic (exact) mass is 348 g/mol. The van der Waals surface area contributed by atoms with Crippen LogP contribution in [0.5, 0.6) is 0 Å². The van der Waals surface area contributed by atoms with Crippen LogP contribution in [0.1, 0.15) is 46.4 Å². The van der Waals surface area contributed by atoms with Gasteiger partial charge in [-0.3, -0.25) is 4.79 Å². The lowest BCUT2D eigenvalue weighted by atomic mass is 10.1. The second-order valence-corrected chi connectivity index (χ2v) is 6.39. The second kappa shape index (κ2) is 7.39. The van der Waals surface area contributed by atoms with Crippen LogP contribution in [-0.4, -0.2) is 16.0 Å². The fourth-order valence-electron chi connectivity index (χ4n) is 2.73. The van der Waals surface area contributed by atoms with Gasteiger partial charge in [0.1, 0.15) is 0 Å². The van der Waals surface area contributed by atoms with E-state index in [0.717, 1.165) is 29.9 Å². The Morgan fingerprint density at radius 3 is 2.62 bits per heavy atom. The Hall–Kier alpha value is -3.15. The maximum Gasteiger partial charge on any atom is 0.253 e. The van der Waals surface area contributed by atoms with Gasteiger partial charge >= 0.3 is 0 Å². The lowest BCUT2D eigenvalue weighted by Gasteiger charge is -2.11. The van der Waals surface area contributed by atoms with Crippen LogP contribution in [0.2, 0.25) is 0 Å². The maximum atomic E-state index is 12.5. The van der Waals surface area contributed by atoms with Crippen LogP contribution in [-0.2, 0) is 13.1 Å². The third kappa shape index (κ3) is 3.91. The fraction of sp³-hybridized carbons (Fsp3) is 0.250. The van der Waals surface area contributed by atoms with Crippen molar-refractivity contribution in [1.29, 1.82) is 0 Å². The number of rotatable bonds is 7. The largest absolute Gasteiger partial charge is 0.375 e. The summed E-state index contributed by atoms with van der Waals surface area (Å²) in [5.41, 5.74) is 2.39. The predicted octanol–water partition coefficient (Wildman–Crippen LogP) is 3.49. The Labute approximate surface area is 151 Å². The summed E-state index contributed by atoms with van der Waals surface area (Å²) >= 11 is 0. The molecule has 1 fully saturated rings. The molecule has 0 saturated heterocycles. The lowest BCUT2D eigenvalue weighted by molar-refractivity contribution is 0.0951. The van der Waals surface area contributed by atoms with Gasteiger partial charge in [-0.2, -0.15) is 4.98 Å². The molecule has 132 valence electrons. The van der Waals surface area contributed by atoms with Gasteiger partial charge in [-0.05, 0) is 30.5 Å². The average molecular weight is 348 g/mol. The lowest BCUT2D eigenvalue weighted by Crippen LogP contribution is -2.23. The maximum absolute atomic E-state index is 12.5. The molecule has 1 amide bonds. The summed E-state index contributed by atoms with van der Waals surface area (Å²) in [6.45, 7) is 0.880. The van der Waals surface area contributed by atoms with Crippen molar-refractivity contribution < 1.29 is 9.32 Å². The highest BCUT2D eigenvalue weighted by Crippen LogP contribution is 2.38. The van der Waals surface area contributed by atoms with E-state index >= 15 is 0 Å². The molecule has 3 aromatic rings. The van der Waals surface area contributed by atoms with Gasteiger partial charge in [0.15, 0.2) is 5.82 Å². The predicted molar refractivity (Wildman–Crippen MR) is 97.7 cm³/mol. The first-order chi connectivity index (χ1) is 12.8. The zero-order valence-electron chi connectivity index (χ0n) is 14.3. The number of aromatic nitrogens is 2. The standard InChI is InChI=1S/C20H20N4O2/c25-20(22-12-14-6-2-1-3-7-14)16-8-4-5-9-17(16)21-13-18-23-19(24-26-18)15-10-11-15/h1-9,15,21H,10-13H2,(H,22,25). The van der Waals surface area contributed by atoms with E-state index in [1.54, 1.807) is 6.07 Å². The molecule has 0 aliphatic heterocycles. The number of nitrogens with zero attached hydrogens (tertiary/aromatic N) is 2. The van der Waals surface area contributed by atoms with E-state index in [2.05, 4.69) is 20.8 Å². The topological polar surface area (TPSA) is 80.0 Å². The van der Waals surface area contributed by atoms with E-state index in [0.29, 0.717) is 30.5 Å². The van der Waals surface area contributed by atoms with Gasteiger partial charge in [-0.15, -0.1) is 0 Å². The van der Waals surface area contributed by atoms with Gasteiger partial charge in [0.25, 0.3) is 5.91 Å². The quantitative estimate of drug-likeness (QED) is 0.683. The minimum absolute atomic E-state index is 0.124. The van der Waals surface area contributed by atoms with Crippen molar-refractivity contribution in [2.24, 2.45) is 0 Å². The molecule has 1 saturated carbocycles. The molecule has 1 heterocycles. The Morgan fingerprint density at radius 2 is 1.81 bits per heavy atom. The molecule has 0 radical (unpaired) electrons. The number of hydrogen-bond acceptors (Lipinski definition) is 5. The molecule has 2 N–H and O–H groups in total. The Kier molecular flexibility index (Phi) is 4.64. The number of benzene rings is 2. The van der Waals surface area contributed by atoms with Gasteiger partial charge < -0.3 is 15.2 Å². The summed E-state index contributed by atoms with van der Waals surface area (Å²) in [5.74, 6) is 1.66. The van der Waals surface area contributed by atoms with Crippen molar-refractivity contribution in [2.45, 2.75) is 31.8 Å². The van der Waals surface area contributed by atoms with Gasteiger partial charge in [-0.1, -0.05) is 47.6 Å². The zero-order chi connectivity index (χ0) is 17.8.